The van der Waals surface area contributed by atoms with Crippen LogP contribution in [0.5, 0.6) is 0 Å². The molecular formula is C22H25N5O2. The summed E-state index contributed by atoms with van der Waals surface area (Å²) in [6.07, 6.45) is 3.27. The molecule has 0 spiro atoms. The molecule has 0 bridgehead atoms. The molecule has 2 aromatic rings. The number of aromatic amines is 1. The van der Waals surface area contributed by atoms with Crippen LogP contribution in [0.4, 0.5) is 11.8 Å². The molecule has 1 fully saturated rings. The maximum absolute atomic E-state index is 13.1. The van der Waals surface area contributed by atoms with E-state index in [1.54, 1.807) is 0 Å². The molecular weight excluding hydrogens is 366 g/mol. The lowest BCUT2D eigenvalue weighted by atomic mass is 9.79. The van der Waals surface area contributed by atoms with Gasteiger partial charge in [-0.15, -0.1) is 0 Å². The fourth-order valence-corrected chi connectivity index (χ4v) is 4.20. The number of hydrogen-bond acceptors (Lipinski definition) is 5. The van der Waals surface area contributed by atoms with Crippen LogP contribution in [0.1, 0.15) is 61.6 Å². The van der Waals surface area contributed by atoms with E-state index in [1.807, 2.05) is 29.2 Å². The molecule has 0 saturated carbocycles. The Morgan fingerprint density at radius 1 is 1.14 bits per heavy atom. The highest BCUT2D eigenvalue weighted by molar-refractivity contribution is 5.97. The van der Waals surface area contributed by atoms with Crippen LogP contribution in [0.3, 0.4) is 0 Å². The molecule has 1 aromatic carbocycles. The Balaban J connectivity index is 1.80. The number of rotatable bonds is 3. The Bertz CT molecular complexity index is 1010. The Kier molecular flexibility index (Phi) is 5.10. The molecule has 7 heteroatoms. The van der Waals surface area contributed by atoms with Gasteiger partial charge in [0.15, 0.2) is 0 Å². The van der Waals surface area contributed by atoms with E-state index in [0.717, 1.165) is 37.1 Å². The van der Waals surface area contributed by atoms with Crippen LogP contribution < -0.4 is 15.8 Å². The second kappa shape index (κ2) is 7.70. The van der Waals surface area contributed by atoms with Gasteiger partial charge in [-0.3, -0.25) is 14.6 Å². The maximum atomic E-state index is 13.1. The first-order chi connectivity index (χ1) is 14.0. The topological polar surface area (TPSA) is 102 Å². The van der Waals surface area contributed by atoms with E-state index in [1.165, 1.54) is 6.42 Å². The molecule has 7 nitrogen and oxygen atoms in total. The Hall–Kier alpha value is -3.14. The summed E-state index contributed by atoms with van der Waals surface area (Å²) in [5.74, 6) is -0.912. The van der Waals surface area contributed by atoms with Crippen molar-refractivity contribution in [2.24, 2.45) is 5.92 Å². The summed E-state index contributed by atoms with van der Waals surface area (Å²) >= 11 is 0. The Labute approximate surface area is 169 Å². The standard InChI is InChI=1S/C22H25N5O2/c1-13(2)14-6-8-15(9-7-14)17-16(12-23)20(28)24-19-18(17)21(29)26-22(25-19)27-10-4-3-5-11-27/h6-9,13,16-17H,3-5,10-11H2,1-2H3,(H2,24,25,26,28,29)/t16-,17+/m1/s1. The van der Waals surface area contributed by atoms with Gasteiger partial charge in [0.05, 0.1) is 11.6 Å². The second-order valence-electron chi connectivity index (χ2n) is 8.09. The van der Waals surface area contributed by atoms with Crippen molar-refractivity contribution in [3.8, 4) is 6.07 Å². The lowest BCUT2D eigenvalue weighted by Gasteiger charge is -2.31. The summed E-state index contributed by atoms with van der Waals surface area (Å²) in [4.78, 5) is 35.2. The summed E-state index contributed by atoms with van der Waals surface area (Å²) in [5, 5.41) is 12.4. The number of benzene rings is 1. The zero-order chi connectivity index (χ0) is 20.5. The van der Waals surface area contributed by atoms with Crippen LogP contribution >= 0.6 is 0 Å². The molecule has 1 amide bonds. The van der Waals surface area contributed by atoms with Crippen molar-refractivity contribution >= 4 is 17.7 Å². The third kappa shape index (κ3) is 3.51. The van der Waals surface area contributed by atoms with Crippen LogP contribution in [-0.2, 0) is 4.79 Å². The number of piperidine rings is 1. The largest absolute Gasteiger partial charge is 0.342 e. The summed E-state index contributed by atoms with van der Waals surface area (Å²) in [7, 11) is 0. The van der Waals surface area contributed by atoms with Gasteiger partial charge in [0.25, 0.3) is 5.56 Å². The van der Waals surface area contributed by atoms with E-state index in [2.05, 4.69) is 35.2 Å². The predicted molar refractivity (Wildman–Crippen MR) is 111 cm³/mol. The van der Waals surface area contributed by atoms with Crippen molar-refractivity contribution < 1.29 is 4.79 Å². The van der Waals surface area contributed by atoms with Gasteiger partial charge in [0.2, 0.25) is 11.9 Å². The van der Waals surface area contributed by atoms with Gasteiger partial charge in [-0.2, -0.15) is 10.2 Å². The minimum absolute atomic E-state index is 0.267. The average molecular weight is 391 g/mol. The molecule has 2 atom stereocenters. The molecule has 0 unspecified atom stereocenters. The number of nitrogens with one attached hydrogen (secondary N) is 2. The summed E-state index contributed by atoms with van der Waals surface area (Å²) in [6.45, 7) is 5.87. The number of amides is 1. The summed E-state index contributed by atoms with van der Waals surface area (Å²) in [6, 6.07) is 9.88. The van der Waals surface area contributed by atoms with Crippen LogP contribution in [0.2, 0.25) is 0 Å². The molecule has 2 aliphatic rings. The highest BCUT2D eigenvalue weighted by Gasteiger charge is 2.40. The van der Waals surface area contributed by atoms with Crippen molar-refractivity contribution in [1.29, 1.82) is 5.26 Å². The molecule has 150 valence electrons. The van der Waals surface area contributed by atoms with Crippen LogP contribution in [0.25, 0.3) is 0 Å². The fourth-order valence-electron chi connectivity index (χ4n) is 4.20. The highest BCUT2D eigenvalue weighted by atomic mass is 16.2. The average Bonchev–Trinajstić information content (AvgIpc) is 2.73. The minimum Gasteiger partial charge on any atom is -0.342 e. The van der Waals surface area contributed by atoms with Gasteiger partial charge in [0, 0.05) is 19.0 Å². The first kappa shape index (κ1) is 19.2. The Morgan fingerprint density at radius 2 is 1.83 bits per heavy atom. The summed E-state index contributed by atoms with van der Waals surface area (Å²) < 4.78 is 0. The number of H-pyrrole nitrogens is 1. The molecule has 29 heavy (non-hydrogen) atoms. The molecule has 4 rings (SSSR count). The van der Waals surface area contributed by atoms with Gasteiger partial charge in [-0.25, -0.2) is 0 Å². The number of nitriles is 1. The van der Waals surface area contributed by atoms with E-state index < -0.39 is 17.7 Å². The van der Waals surface area contributed by atoms with Crippen LogP contribution in [0.15, 0.2) is 29.1 Å². The van der Waals surface area contributed by atoms with Gasteiger partial charge in [0.1, 0.15) is 11.7 Å². The van der Waals surface area contributed by atoms with Crippen LogP contribution in [0, 0.1) is 17.2 Å². The van der Waals surface area contributed by atoms with Crippen molar-refractivity contribution in [2.45, 2.75) is 44.9 Å². The molecule has 2 aliphatic heterocycles. The number of anilines is 2. The zero-order valence-corrected chi connectivity index (χ0v) is 16.7. The maximum Gasteiger partial charge on any atom is 0.258 e. The fraction of sp³-hybridized carbons (Fsp3) is 0.455. The number of carbonyl (C=O) groups is 1. The monoisotopic (exact) mass is 391 g/mol. The molecule has 0 radical (unpaired) electrons. The van der Waals surface area contributed by atoms with E-state index in [-0.39, 0.29) is 11.4 Å². The van der Waals surface area contributed by atoms with E-state index >= 15 is 0 Å². The van der Waals surface area contributed by atoms with Gasteiger partial charge in [-0.05, 0) is 36.3 Å². The Morgan fingerprint density at radius 3 is 2.45 bits per heavy atom. The van der Waals surface area contributed by atoms with Gasteiger partial charge >= 0.3 is 0 Å². The minimum atomic E-state index is -0.976. The number of carbonyl (C=O) groups excluding carboxylic acids is 1. The lowest BCUT2D eigenvalue weighted by Crippen LogP contribution is -2.40. The van der Waals surface area contributed by atoms with Gasteiger partial charge in [-0.1, -0.05) is 38.1 Å². The lowest BCUT2D eigenvalue weighted by molar-refractivity contribution is -0.119. The third-order valence-corrected chi connectivity index (χ3v) is 5.87. The molecule has 3 heterocycles. The number of nitrogens with zero attached hydrogens (tertiary/aromatic N) is 3. The van der Waals surface area contributed by atoms with Crippen molar-refractivity contribution in [2.75, 3.05) is 23.3 Å². The number of aromatic nitrogens is 2. The molecule has 1 saturated heterocycles. The molecule has 2 N–H and O–H groups in total. The second-order valence-corrected chi connectivity index (χ2v) is 8.09. The van der Waals surface area contributed by atoms with Crippen molar-refractivity contribution in [3.05, 3.63) is 51.3 Å². The van der Waals surface area contributed by atoms with Crippen LogP contribution in [-0.4, -0.2) is 29.0 Å². The number of hydrogen-bond donors (Lipinski definition) is 2. The SMILES string of the molecule is CC(C)c1ccc([C@@H]2c3c(nc(N4CCCCC4)[nH]c3=O)NC(=O)[C@@H]2C#N)cc1. The van der Waals surface area contributed by atoms with E-state index in [9.17, 15) is 14.9 Å². The third-order valence-electron chi connectivity index (χ3n) is 5.87. The van der Waals surface area contributed by atoms with Crippen molar-refractivity contribution in [3.63, 3.8) is 0 Å². The number of fused-ring (bicyclic) bond motifs is 1. The van der Waals surface area contributed by atoms with Gasteiger partial charge < -0.3 is 10.2 Å². The van der Waals surface area contributed by atoms with Crippen molar-refractivity contribution in [1.82, 2.24) is 9.97 Å². The first-order valence-corrected chi connectivity index (χ1v) is 10.2. The zero-order valence-electron chi connectivity index (χ0n) is 16.7. The molecule has 1 aromatic heterocycles. The quantitative estimate of drug-likeness (QED) is 0.837. The van der Waals surface area contributed by atoms with E-state index in [4.69, 9.17) is 0 Å². The normalized spacial score (nSPS) is 21.4. The smallest absolute Gasteiger partial charge is 0.258 e. The first-order valence-electron chi connectivity index (χ1n) is 10.2. The highest BCUT2D eigenvalue weighted by Crippen LogP contribution is 2.38. The van der Waals surface area contributed by atoms with E-state index in [0.29, 0.717) is 17.4 Å². The summed E-state index contributed by atoms with van der Waals surface area (Å²) in [5.41, 5.74) is 1.99. The predicted octanol–water partition coefficient (Wildman–Crippen LogP) is 3.11. The molecule has 0 aliphatic carbocycles.